The van der Waals surface area contributed by atoms with Crippen molar-refractivity contribution in [3.8, 4) is 10.4 Å². The Morgan fingerprint density at radius 3 is 2.42 bits per heavy atom. The highest BCUT2D eigenvalue weighted by Crippen LogP contribution is 2.28. The maximum absolute atomic E-state index is 12.1. The maximum atomic E-state index is 12.1. The third kappa shape index (κ3) is 3.98. The van der Waals surface area contributed by atoms with Crippen LogP contribution in [0, 0.1) is 0 Å². The Morgan fingerprint density at radius 1 is 1.08 bits per heavy atom. The summed E-state index contributed by atoms with van der Waals surface area (Å²) in [6, 6.07) is 18.3. The number of nitrogens with one attached hydrogen (secondary N) is 2. The first-order valence-electron chi connectivity index (χ1n) is 7.51. The van der Waals surface area contributed by atoms with Crippen molar-refractivity contribution in [3.63, 3.8) is 0 Å². The molecule has 0 aliphatic rings. The summed E-state index contributed by atoms with van der Waals surface area (Å²) in [7, 11) is 0. The molecule has 0 spiro atoms. The number of thiazole rings is 1. The minimum Gasteiger partial charge on any atom is -0.394 e. The van der Waals surface area contributed by atoms with Gasteiger partial charge in [-0.15, -0.1) is 0 Å². The van der Waals surface area contributed by atoms with E-state index in [9.17, 15) is 9.90 Å². The van der Waals surface area contributed by atoms with E-state index in [0.29, 0.717) is 5.13 Å². The van der Waals surface area contributed by atoms with Crippen molar-refractivity contribution in [3.05, 3.63) is 72.4 Å². The van der Waals surface area contributed by atoms with Gasteiger partial charge in [-0.3, -0.25) is 5.32 Å². The van der Waals surface area contributed by atoms with E-state index in [1.54, 1.807) is 6.20 Å². The highest BCUT2D eigenvalue weighted by Gasteiger charge is 2.14. The van der Waals surface area contributed by atoms with Crippen LogP contribution < -0.4 is 10.6 Å². The summed E-state index contributed by atoms with van der Waals surface area (Å²) < 4.78 is 0. The van der Waals surface area contributed by atoms with Crippen molar-refractivity contribution < 1.29 is 9.90 Å². The summed E-state index contributed by atoms with van der Waals surface area (Å²) in [5.74, 6) is 0. The molecule has 0 radical (unpaired) electrons. The molecule has 0 saturated heterocycles. The molecule has 2 aromatic carbocycles. The van der Waals surface area contributed by atoms with Crippen LogP contribution in [0.5, 0.6) is 0 Å². The SMILES string of the molecule is O=C(Nc1ncc(-c2ccccc2)s1)N[C@H](CO)c1ccccc1. The molecule has 24 heavy (non-hydrogen) atoms. The fourth-order valence-corrected chi connectivity index (χ4v) is 3.10. The fraction of sp³-hybridized carbons (Fsp3) is 0.111. The molecule has 5 nitrogen and oxygen atoms in total. The maximum Gasteiger partial charge on any atom is 0.321 e. The van der Waals surface area contributed by atoms with Gasteiger partial charge in [0.05, 0.1) is 17.5 Å². The lowest BCUT2D eigenvalue weighted by atomic mass is 10.1. The van der Waals surface area contributed by atoms with Crippen LogP contribution in [0.1, 0.15) is 11.6 Å². The fourth-order valence-electron chi connectivity index (χ4n) is 2.28. The molecule has 3 aromatic rings. The number of amides is 2. The van der Waals surface area contributed by atoms with E-state index < -0.39 is 12.1 Å². The van der Waals surface area contributed by atoms with Gasteiger partial charge in [-0.1, -0.05) is 72.0 Å². The van der Waals surface area contributed by atoms with Gasteiger partial charge in [-0.2, -0.15) is 0 Å². The van der Waals surface area contributed by atoms with Gasteiger partial charge in [-0.25, -0.2) is 9.78 Å². The molecular weight excluding hydrogens is 322 g/mol. The van der Waals surface area contributed by atoms with Crippen LogP contribution >= 0.6 is 11.3 Å². The Morgan fingerprint density at radius 2 is 1.75 bits per heavy atom. The number of benzene rings is 2. The number of aliphatic hydroxyl groups is 1. The van der Waals surface area contributed by atoms with Gasteiger partial charge >= 0.3 is 6.03 Å². The van der Waals surface area contributed by atoms with Crippen molar-refractivity contribution in [2.45, 2.75) is 6.04 Å². The average molecular weight is 339 g/mol. The van der Waals surface area contributed by atoms with Crippen molar-refractivity contribution in [2.75, 3.05) is 11.9 Å². The monoisotopic (exact) mass is 339 g/mol. The van der Waals surface area contributed by atoms with E-state index in [1.165, 1.54) is 11.3 Å². The molecule has 1 atom stereocenters. The van der Waals surface area contributed by atoms with E-state index in [2.05, 4.69) is 15.6 Å². The number of aromatic nitrogens is 1. The van der Waals surface area contributed by atoms with Gasteiger partial charge in [0.2, 0.25) is 0 Å². The lowest BCUT2D eigenvalue weighted by molar-refractivity contribution is 0.225. The van der Waals surface area contributed by atoms with Gasteiger partial charge in [0.1, 0.15) is 0 Å². The van der Waals surface area contributed by atoms with Crippen molar-refractivity contribution >= 4 is 22.5 Å². The number of urea groups is 1. The number of rotatable bonds is 5. The zero-order chi connectivity index (χ0) is 16.8. The van der Waals surface area contributed by atoms with E-state index in [1.807, 2.05) is 60.7 Å². The number of hydrogen-bond donors (Lipinski definition) is 3. The molecule has 2 amide bonds. The summed E-state index contributed by atoms with van der Waals surface area (Å²) in [6.45, 7) is -0.176. The Labute approximate surface area is 144 Å². The average Bonchev–Trinajstić information content (AvgIpc) is 3.09. The molecule has 0 aliphatic heterocycles. The third-order valence-corrected chi connectivity index (χ3v) is 4.44. The molecule has 1 heterocycles. The quantitative estimate of drug-likeness (QED) is 0.664. The predicted molar refractivity (Wildman–Crippen MR) is 96.0 cm³/mol. The number of carbonyl (C=O) groups excluding carboxylic acids is 1. The van der Waals surface area contributed by atoms with E-state index in [-0.39, 0.29) is 6.61 Å². The summed E-state index contributed by atoms with van der Waals surface area (Å²) >= 11 is 1.40. The Balaban J connectivity index is 1.64. The normalized spacial score (nSPS) is 11.7. The van der Waals surface area contributed by atoms with Crippen LogP contribution in [0.25, 0.3) is 10.4 Å². The Bertz CT molecular complexity index is 790. The summed E-state index contributed by atoms with van der Waals surface area (Å²) in [5, 5.41) is 15.5. The van der Waals surface area contributed by atoms with Gasteiger partial charge in [0.15, 0.2) is 5.13 Å². The second-order valence-electron chi connectivity index (χ2n) is 5.14. The molecule has 3 N–H and O–H groups in total. The number of hydrogen-bond acceptors (Lipinski definition) is 4. The van der Waals surface area contributed by atoms with Crippen molar-refractivity contribution in [1.29, 1.82) is 0 Å². The van der Waals surface area contributed by atoms with Crippen LogP contribution in [-0.2, 0) is 0 Å². The largest absolute Gasteiger partial charge is 0.394 e. The second kappa shape index (κ2) is 7.72. The molecule has 3 rings (SSSR count). The Hall–Kier alpha value is -2.70. The number of aliphatic hydroxyl groups excluding tert-OH is 1. The topological polar surface area (TPSA) is 74.2 Å². The van der Waals surface area contributed by atoms with Gasteiger partial charge < -0.3 is 10.4 Å². The molecular formula is C18H17N3O2S. The third-order valence-electron chi connectivity index (χ3n) is 3.47. The number of anilines is 1. The summed E-state index contributed by atoms with van der Waals surface area (Å²) in [5.41, 5.74) is 1.90. The van der Waals surface area contributed by atoms with E-state index >= 15 is 0 Å². The van der Waals surface area contributed by atoms with E-state index in [0.717, 1.165) is 16.0 Å². The Kier molecular flexibility index (Phi) is 5.20. The first-order valence-corrected chi connectivity index (χ1v) is 8.32. The molecule has 0 fully saturated rings. The van der Waals surface area contributed by atoms with Crippen LogP contribution in [-0.4, -0.2) is 22.7 Å². The molecule has 122 valence electrons. The molecule has 0 unspecified atom stereocenters. The summed E-state index contributed by atoms with van der Waals surface area (Å²) in [4.78, 5) is 17.3. The van der Waals surface area contributed by atoms with Crippen LogP contribution in [0.4, 0.5) is 9.93 Å². The number of nitrogens with zero attached hydrogens (tertiary/aromatic N) is 1. The highest BCUT2D eigenvalue weighted by molar-refractivity contribution is 7.19. The molecule has 6 heteroatoms. The highest BCUT2D eigenvalue weighted by atomic mass is 32.1. The standard InChI is InChI=1S/C18H17N3O2S/c22-12-15(13-7-3-1-4-8-13)20-17(23)21-18-19-11-16(24-18)14-9-5-2-6-10-14/h1-11,15,22H,12H2,(H2,19,20,21,23)/t15-/m1/s1. The van der Waals surface area contributed by atoms with Gasteiger partial charge in [0, 0.05) is 6.20 Å². The minimum absolute atomic E-state index is 0.176. The van der Waals surface area contributed by atoms with E-state index in [4.69, 9.17) is 0 Å². The molecule has 0 aliphatic carbocycles. The summed E-state index contributed by atoms with van der Waals surface area (Å²) in [6.07, 6.45) is 1.73. The van der Waals surface area contributed by atoms with Crippen LogP contribution in [0.3, 0.4) is 0 Å². The first-order chi connectivity index (χ1) is 11.8. The molecule has 0 saturated carbocycles. The molecule has 0 bridgehead atoms. The van der Waals surface area contributed by atoms with Gasteiger partial charge in [0.25, 0.3) is 0 Å². The molecule has 1 aromatic heterocycles. The van der Waals surface area contributed by atoms with Crippen molar-refractivity contribution in [1.82, 2.24) is 10.3 Å². The minimum atomic E-state index is -0.459. The van der Waals surface area contributed by atoms with Crippen LogP contribution in [0.15, 0.2) is 66.9 Å². The lowest BCUT2D eigenvalue weighted by Crippen LogP contribution is -2.34. The van der Waals surface area contributed by atoms with Gasteiger partial charge in [-0.05, 0) is 11.1 Å². The smallest absolute Gasteiger partial charge is 0.321 e. The second-order valence-corrected chi connectivity index (χ2v) is 6.17. The van der Waals surface area contributed by atoms with Crippen LogP contribution in [0.2, 0.25) is 0 Å². The first kappa shape index (κ1) is 16.2. The van der Waals surface area contributed by atoms with Crippen molar-refractivity contribution in [2.24, 2.45) is 0 Å². The zero-order valence-corrected chi connectivity index (χ0v) is 13.7. The predicted octanol–water partition coefficient (Wildman–Crippen LogP) is 3.67. The lowest BCUT2D eigenvalue weighted by Gasteiger charge is -2.16. The zero-order valence-electron chi connectivity index (χ0n) is 12.8. The number of carbonyl (C=O) groups is 1.